The van der Waals surface area contributed by atoms with Gasteiger partial charge in [0.2, 0.25) is 0 Å². The minimum atomic E-state index is -0.189. The first-order valence-corrected chi connectivity index (χ1v) is 7.07. The van der Waals surface area contributed by atoms with Crippen LogP contribution in [0.3, 0.4) is 0 Å². The van der Waals surface area contributed by atoms with E-state index in [1.54, 1.807) is 12.3 Å². The lowest BCUT2D eigenvalue weighted by atomic mass is 10.1. The molecule has 1 aromatic rings. The molecule has 0 radical (unpaired) electrons. The van der Waals surface area contributed by atoms with Crippen molar-refractivity contribution in [2.24, 2.45) is 0 Å². The first-order valence-electron chi connectivity index (χ1n) is 6.54. The van der Waals surface area contributed by atoms with Crippen LogP contribution in [0.15, 0.2) is 17.1 Å². The Morgan fingerprint density at radius 2 is 2.32 bits per heavy atom. The van der Waals surface area contributed by atoms with Crippen molar-refractivity contribution in [2.45, 2.75) is 32.4 Å². The van der Waals surface area contributed by atoms with E-state index in [0.29, 0.717) is 19.0 Å². The van der Waals surface area contributed by atoms with E-state index in [1.807, 2.05) is 13.8 Å². The maximum atomic E-state index is 11.9. The number of aromatic nitrogens is 2. The van der Waals surface area contributed by atoms with E-state index in [-0.39, 0.29) is 11.2 Å². The van der Waals surface area contributed by atoms with E-state index in [1.165, 1.54) is 4.68 Å². The quantitative estimate of drug-likeness (QED) is 0.787. The molecule has 2 heterocycles. The third-order valence-corrected chi connectivity index (χ3v) is 3.42. The highest BCUT2D eigenvalue weighted by molar-refractivity contribution is 6.17. The molecule has 6 heteroatoms. The van der Waals surface area contributed by atoms with Crippen LogP contribution >= 0.6 is 11.6 Å². The summed E-state index contributed by atoms with van der Waals surface area (Å²) >= 11 is 5.62. The van der Waals surface area contributed by atoms with E-state index in [2.05, 4.69) is 10.00 Å². The van der Waals surface area contributed by atoms with E-state index >= 15 is 0 Å². The molecular formula is C13H20ClN3O2. The number of halogens is 1. The largest absolute Gasteiger partial charge is 0.372 e. The molecule has 1 saturated heterocycles. The molecule has 19 heavy (non-hydrogen) atoms. The van der Waals surface area contributed by atoms with Gasteiger partial charge in [0.25, 0.3) is 5.56 Å². The highest BCUT2D eigenvalue weighted by Gasteiger charge is 2.27. The van der Waals surface area contributed by atoms with Crippen LogP contribution in [-0.4, -0.2) is 41.0 Å². The summed E-state index contributed by atoms with van der Waals surface area (Å²) in [7, 11) is 0. The molecule has 0 aromatic carbocycles. The molecule has 0 saturated carbocycles. The van der Waals surface area contributed by atoms with Gasteiger partial charge in [0.15, 0.2) is 0 Å². The van der Waals surface area contributed by atoms with Crippen molar-refractivity contribution in [3.8, 4) is 0 Å². The SMILES string of the molecule is CC1(C)CN(c2cnn(CCCCl)c(=O)c2)CCO1. The Kier molecular flexibility index (Phi) is 4.47. The predicted molar refractivity (Wildman–Crippen MR) is 76.1 cm³/mol. The van der Waals surface area contributed by atoms with E-state index in [4.69, 9.17) is 16.3 Å². The minimum Gasteiger partial charge on any atom is -0.372 e. The van der Waals surface area contributed by atoms with E-state index < -0.39 is 0 Å². The third kappa shape index (κ3) is 3.70. The highest BCUT2D eigenvalue weighted by atomic mass is 35.5. The zero-order chi connectivity index (χ0) is 13.9. The van der Waals surface area contributed by atoms with Crippen LogP contribution in [0.25, 0.3) is 0 Å². The number of aryl methyl sites for hydroxylation is 1. The normalized spacial score (nSPS) is 18.6. The summed E-state index contributed by atoms with van der Waals surface area (Å²) in [4.78, 5) is 14.1. The van der Waals surface area contributed by atoms with Crippen LogP contribution in [0, 0.1) is 0 Å². The molecule has 1 aliphatic heterocycles. The van der Waals surface area contributed by atoms with E-state index in [9.17, 15) is 4.79 Å². The third-order valence-electron chi connectivity index (χ3n) is 3.15. The number of nitrogens with zero attached hydrogens (tertiary/aromatic N) is 3. The Bertz CT molecular complexity index is 487. The van der Waals surface area contributed by atoms with Crippen molar-refractivity contribution in [3.63, 3.8) is 0 Å². The second-order valence-electron chi connectivity index (χ2n) is 5.35. The lowest BCUT2D eigenvalue weighted by Crippen LogP contribution is -2.48. The number of ether oxygens (including phenoxy) is 1. The van der Waals surface area contributed by atoms with Crippen molar-refractivity contribution in [3.05, 3.63) is 22.6 Å². The number of morpholine rings is 1. The number of alkyl halides is 1. The Morgan fingerprint density at radius 3 is 2.95 bits per heavy atom. The van der Waals surface area contributed by atoms with Crippen LogP contribution in [0.5, 0.6) is 0 Å². The molecule has 0 bridgehead atoms. The summed E-state index contributed by atoms with van der Waals surface area (Å²) in [5.74, 6) is 0.535. The molecule has 1 fully saturated rings. The van der Waals surface area contributed by atoms with Gasteiger partial charge in [-0.1, -0.05) is 0 Å². The summed E-state index contributed by atoms with van der Waals surface area (Å²) in [5.41, 5.74) is 0.599. The minimum absolute atomic E-state index is 0.0769. The van der Waals surface area contributed by atoms with Crippen molar-refractivity contribution >= 4 is 17.3 Å². The van der Waals surface area contributed by atoms with Gasteiger partial charge in [-0.2, -0.15) is 5.10 Å². The Labute approximate surface area is 118 Å². The molecule has 5 nitrogen and oxygen atoms in total. The second kappa shape index (κ2) is 5.92. The monoisotopic (exact) mass is 285 g/mol. The summed E-state index contributed by atoms with van der Waals surface area (Å²) in [6, 6.07) is 1.64. The lowest BCUT2D eigenvalue weighted by Gasteiger charge is -2.39. The van der Waals surface area contributed by atoms with Gasteiger partial charge in [-0.3, -0.25) is 4.79 Å². The molecule has 0 N–H and O–H groups in total. The van der Waals surface area contributed by atoms with Crippen LogP contribution in [0.4, 0.5) is 5.69 Å². The fourth-order valence-electron chi connectivity index (χ4n) is 2.21. The summed E-state index contributed by atoms with van der Waals surface area (Å²) < 4.78 is 7.12. The maximum Gasteiger partial charge on any atom is 0.268 e. The molecule has 0 atom stereocenters. The fourth-order valence-corrected chi connectivity index (χ4v) is 2.33. The average molecular weight is 286 g/mol. The number of anilines is 1. The van der Waals surface area contributed by atoms with Crippen molar-refractivity contribution in [1.29, 1.82) is 0 Å². The Morgan fingerprint density at radius 1 is 1.53 bits per heavy atom. The first-order chi connectivity index (χ1) is 9.02. The fraction of sp³-hybridized carbons (Fsp3) is 0.692. The first kappa shape index (κ1) is 14.3. The van der Waals surface area contributed by atoms with Crippen molar-refractivity contribution in [1.82, 2.24) is 9.78 Å². The molecule has 0 aliphatic carbocycles. The standard InChI is InChI=1S/C13H20ClN3O2/c1-13(2)10-16(6-7-19-13)11-8-12(18)17(15-9-11)5-3-4-14/h8-9H,3-7,10H2,1-2H3. The van der Waals surface area contributed by atoms with Crippen molar-refractivity contribution < 1.29 is 4.74 Å². The Balaban J connectivity index is 2.13. The van der Waals surface area contributed by atoms with E-state index in [0.717, 1.165) is 25.2 Å². The van der Waals surface area contributed by atoms with Gasteiger partial charge >= 0.3 is 0 Å². The lowest BCUT2D eigenvalue weighted by molar-refractivity contribution is -0.0277. The van der Waals surface area contributed by atoms with Gasteiger partial charge in [0.1, 0.15) is 0 Å². The molecule has 0 spiro atoms. The van der Waals surface area contributed by atoms with Crippen molar-refractivity contribution in [2.75, 3.05) is 30.5 Å². The van der Waals surface area contributed by atoms with Crippen LogP contribution in [0.2, 0.25) is 0 Å². The van der Waals surface area contributed by atoms with Gasteiger partial charge < -0.3 is 9.64 Å². The molecule has 1 aromatic heterocycles. The maximum absolute atomic E-state index is 11.9. The summed E-state index contributed by atoms with van der Waals surface area (Å²) in [6.45, 7) is 6.89. The average Bonchev–Trinajstić information content (AvgIpc) is 2.36. The van der Waals surface area contributed by atoms with Crippen LogP contribution in [-0.2, 0) is 11.3 Å². The number of hydrogen-bond donors (Lipinski definition) is 0. The molecule has 2 rings (SSSR count). The molecular weight excluding hydrogens is 266 g/mol. The van der Waals surface area contributed by atoms with Gasteiger partial charge in [-0.25, -0.2) is 4.68 Å². The number of hydrogen-bond acceptors (Lipinski definition) is 4. The molecule has 106 valence electrons. The summed E-state index contributed by atoms with van der Waals surface area (Å²) in [6.07, 6.45) is 2.50. The predicted octanol–water partition coefficient (Wildman–Crippen LogP) is 1.49. The molecule has 0 amide bonds. The van der Waals surface area contributed by atoms with Crippen LogP contribution < -0.4 is 10.5 Å². The summed E-state index contributed by atoms with van der Waals surface area (Å²) in [5, 5.41) is 4.20. The molecule has 0 unspecified atom stereocenters. The topological polar surface area (TPSA) is 47.4 Å². The highest BCUT2D eigenvalue weighted by Crippen LogP contribution is 2.21. The smallest absolute Gasteiger partial charge is 0.268 e. The van der Waals surface area contributed by atoms with Crippen LogP contribution in [0.1, 0.15) is 20.3 Å². The number of rotatable bonds is 4. The van der Waals surface area contributed by atoms with Gasteiger partial charge in [0.05, 0.1) is 24.1 Å². The Hall–Kier alpha value is -1.07. The van der Waals surface area contributed by atoms with Gasteiger partial charge in [0, 0.05) is 31.6 Å². The zero-order valence-corrected chi connectivity index (χ0v) is 12.2. The molecule has 1 aliphatic rings. The zero-order valence-electron chi connectivity index (χ0n) is 11.4. The second-order valence-corrected chi connectivity index (χ2v) is 5.73. The van der Waals surface area contributed by atoms with Gasteiger partial charge in [-0.15, -0.1) is 11.6 Å². The van der Waals surface area contributed by atoms with Gasteiger partial charge in [-0.05, 0) is 20.3 Å².